The zero-order chi connectivity index (χ0) is 12.5. The summed E-state index contributed by atoms with van der Waals surface area (Å²) in [6.45, 7) is 4.64. The van der Waals surface area contributed by atoms with Crippen molar-refractivity contribution in [3.05, 3.63) is 41.2 Å². The smallest absolute Gasteiger partial charge is 0.295 e. The maximum Gasteiger partial charge on any atom is 0.295 e. The number of rotatable bonds is 3. The van der Waals surface area contributed by atoms with E-state index in [1.165, 1.54) is 0 Å². The summed E-state index contributed by atoms with van der Waals surface area (Å²) in [6, 6.07) is 8.25. The van der Waals surface area contributed by atoms with Gasteiger partial charge in [-0.05, 0) is 26.0 Å². The number of H-pyrrole nitrogens is 1. The van der Waals surface area contributed by atoms with E-state index in [1.54, 1.807) is 0 Å². The van der Waals surface area contributed by atoms with Crippen LogP contribution >= 0.6 is 0 Å². The van der Waals surface area contributed by atoms with Crippen molar-refractivity contribution in [2.75, 3.05) is 5.32 Å². The van der Waals surface area contributed by atoms with E-state index in [1.807, 2.05) is 38.1 Å². The highest BCUT2D eigenvalue weighted by molar-refractivity contribution is 5.74. The molecule has 92 valence electrons. The van der Waals surface area contributed by atoms with Crippen LogP contribution in [0.15, 0.2) is 28.7 Å². The lowest BCUT2D eigenvalue weighted by Crippen LogP contribution is -2.01. The van der Waals surface area contributed by atoms with Crippen LogP contribution in [-0.4, -0.2) is 15.2 Å². The molecule has 2 N–H and O–H groups in total. The zero-order valence-corrected chi connectivity index (χ0v) is 10.3. The van der Waals surface area contributed by atoms with E-state index in [0.29, 0.717) is 12.6 Å². The molecule has 3 aromatic rings. The first kappa shape index (κ1) is 10.8. The minimum atomic E-state index is 0.538. The molecule has 0 spiro atoms. The number of anilines is 1. The van der Waals surface area contributed by atoms with Gasteiger partial charge in [0.25, 0.3) is 6.01 Å². The Kier molecular flexibility index (Phi) is 2.51. The van der Waals surface area contributed by atoms with Crippen molar-refractivity contribution in [2.24, 2.45) is 0 Å². The maximum atomic E-state index is 5.59. The molecule has 0 fully saturated rings. The molecule has 0 unspecified atom stereocenters. The normalized spacial score (nSPS) is 11.0. The Balaban J connectivity index is 1.81. The molecule has 0 aliphatic carbocycles. The quantitative estimate of drug-likeness (QED) is 0.741. The summed E-state index contributed by atoms with van der Waals surface area (Å²) in [5, 5.41) is 10.3. The van der Waals surface area contributed by atoms with E-state index in [9.17, 15) is 0 Å². The summed E-state index contributed by atoms with van der Waals surface area (Å²) in [6.07, 6.45) is 0. The number of aromatic nitrogens is 3. The number of aromatic amines is 1. The molecular formula is C13H14N4O. The number of nitrogens with one attached hydrogen (secondary N) is 2. The van der Waals surface area contributed by atoms with Gasteiger partial charge in [0.05, 0.1) is 5.69 Å². The second-order valence-electron chi connectivity index (χ2n) is 4.25. The van der Waals surface area contributed by atoms with E-state index in [-0.39, 0.29) is 0 Å². The lowest BCUT2D eigenvalue weighted by Gasteiger charge is -2.01. The van der Waals surface area contributed by atoms with Crippen LogP contribution in [0.4, 0.5) is 6.01 Å². The molecule has 0 amide bonds. The predicted octanol–water partition coefficient (Wildman–Crippen LogP) is 2.78. The van der Waals surface area contributed by atoms with Crippen LogP contribution in [0, 0.1) is 13.8 Å². The zero-order valence-electron chi connectivity index (χ0n) is 10.3. The van der Waals surface area contributed by atoms with Crippen LogP contribution in [0.1, 0.15) is 17.0 Å². The molecule has 0 saturated carbocycles. The fourth-order valence-electron chi connectivity index (χ4n) is 1.95. The summed E-state index contributed by atoms with van der Waals surface area (Å²) in [5.74, 6) is 0. The van der Waals surface area contributed by atoms with Crippen molar-refractivity contribution < 1.29 is 4.42 Å². The Bertz CT molecular complexity index is 631. The van der Waals surface area contributed by atoms with Gasteiger partial charge in [0.15, 0.2) is 5.58 Å². The third-order valence-electron chi connectivity index (χ3n) is 2.99. The average molecular weight is 242 g/mol. The molecule has 18 heavy (non-hydrogen) atoms. The molecule has 3 rings (SSSR count). The molecule has 0 radical (unpaired) electrons. The van der Waals surface area contributed by atoms with E-state index >= 15 is 0 Å². The number of hydrogen-bond donors (Lipinski definition) is 2. The summed E-state index contributed by atoms with van der Waals surface area (Å²) < 4.78 is 5.59. The topological polar surface area (TPSA) is 66.7 Å². The van der Waals surface area contributed by atoms with Crippen LogP contribution in [0.5, 0.6) is 0 Å². The number of para-hydroxylation sites is 2. The van der Waals surface area contributed by atoms with Crippen LogP contribution in [0.3, 0.4) is 0 Å². The van der Waals surface area contributed by atoms with E-state index in [4.69, 9.17) is 4.42 Å². The third kappa shape index (κ3) is 1.84. The van der Waals surface area contributed by atoms with Crippen molar-refractivity contribution >= 4 is 17.1 Å². The van der Waals surface area contributed by atoms with Crippen LogP contribution in [0.25, 0.3) is 11.1 Å². The number of aryl methyl sites for hydroxylation is 2. The van der Waals surface area contributed by atoms with Gasteiger partial charge < -0.3 is 9.73 Å². The second kappa shape index (κ2) is 4.18. The minimum Gasteiger partial charge on any atom is -0.424 e. The second-order valence-corrected chi connectivity index (χ2v) is 4.25. The largest absolute Gasteiger partial charge is 0.424 e. The number of oxazole rings is 1. The fraction of sp³-hybridized carbons (Fsp3) is 0.231. The highest BCUT2D eigenvalue weighted by Gasteiger charge is 2.08. The van der Waals surface area contributed by atoms with Gasteiger partial charge in [0, 0.05) is 17.8 Å². The lowest BCUT2D eigenvalue weighted by atomic mass is 10.2. The first-order chi connectivity index (χ1) is 8.74. The summed E-state index contributed by atoms with van der Waals surface area (Å²) in [7, 11) is 0. The van der Waals surface area contributed by atoms with Crippen molar-refractivity contribution in [3.63, 3.8) is 0 Å². The number of fused-ring (bicyclic) bond motifs is 1. The molecule has 1 aromatic carbocycles. The van der Waals surface area contributed by atoms with E-state index < -0.39 is 0 Å². The SMILES string of the molecule is Cc1n[nH]c(C)c1CNc1nc2ccccc2o1. The Morgan fingerprint density at radius 1 is 1.28 bits per heavy atom. The molecule has 2 heterocycles. The van der Waals surface area contributed by atoms with Gasteiger partial charge >= 0.3 is 0 Å². The lowest BCUT2D eigenvalue weighted by molar-refractivity contribution is 0.614. The van der Waals surface area contributed by atoms with Crippen molar-refractivity contribution in [3.8, 4) is 0 Å². The number of nitrogens with zero attached hydrogens (tertiary/aromatic N) is 2. The maximum absolute atomic E-state index is 5.59. The molecular weight excluding hydrogens is 228 g/mol. The molecule has 2 aromatic heterocycles. The van der Waals surface area contributed by atoms with Crippen LogP contribution in [-0.2, 0) is 6.54 Å². The highest BCUT2D eigenvalue weighted by Crippen LogP contribution is 2.19. The molecule has 0 aliphatic rings. The van der Waals surface area contributed by atoms with Crippen LogP contribution < -0.4 is 5.32 Å². The van der Waals surface area contributed by atoms with E-state index in [0.717, 1.165) is 28.1 Å². The minimum absolute atomic E-state index is 0.538. The number of benzene rings is 1. The number of hydrogen-bond acceptors (Lipinski definition) is 4. The molecule has 5 nitrogen and oxygen atoms in total. The summed E-state index contributed by atoms with van der Waals surface area (Å²) in [4.78, 5) is 4.36. The summed E-state index contributed by atoms with van der Waals surface area (Å²) >= 11 is 0. The molecule has 0 aliphatic heterocycles. The first-order valence-electron chi connectivity index (χ1n) is 5.84. The Morgan fingerprint density at radius 2 is 2.11 bits per heavy atom. The monoisotopic (exact) mass is 242 g/mol. The van der Waals surface area contributed by atoms with Crippen LogP contribution in [0.2, 0.25) is 0 Å². The first-order valence-corrected chi connectivity index (χ1v) is 5.84. The van der Waals surface area contributed by atoms with Gasteiger partial charge in [-0.1, -0.05) is 12.1 Å². The third-order valence-corrected chi connectivity index (χ3v) is 2.99. The van der Waals surface area contributed by atoms with Gasteiger partial charge in [0.2, 0.25) is 0 Å². The molecule has 0 saturated heterocycles. The Labute approximate surface area is 104 Å². The predicted molar refractivity (Wildman–Crippen MR) is 69.4 cm³/mol. The van der Waals surface area contributed by atoms with Crippen molar-refractivity contribution in [1.29, 1.82) is 0 Å². The van der Waals surface area contributed by atoms with Gasteiger partial charge in [-0.3, -0.25) is 5.10 Å². The molecule has 0 bridgehead atoms. The van der Waals surface area contributed by atoms with Gasteiger partial charge in [-0.15, -0.1) is 0 Å². The standard InChI is InChI=1S/C13H14N4O/c1-8-10(9(2)17-16-8)7-14-13-15-11-5-3-4-6-12(11)18-13/h3-6H,7H2,1-2H3,(H,14,15)(H,16,17). The van der Waals surface area contributed by atoms with Gasteiger partial charge in [-0.25, -0.2) is 0 Å². The average Bonchev–Trinajstić information content (AvgIpc) is 2.91. The molecule has 0 atom stereocenters. The summed E-state index contributed by atoms with van der Waals surface area (Å²) in [5.41, 5.74) is 4.87. The highest BCUT2D eigenvalue weighted by atomic mass is 16.4. The van der Waals surface area contributed by atoms with Crippen molar-refractivity contribution in [1.82, 2.24) is 15.2 Å². The fourth-order valence-corrected chi connectivity index (χ4v) is 1.95. The van der Waals surface area contributed by atoms with Gasteiger partial charge in [-0.2, -0.15) is 10.1 Å². The molecule has 5 heteroatoms. The van der Waals surface area contributed by atoms with Gasteiger partial charge in [0.1, 0.15) is 5.52 Å². The van der Waals surface area contributed by atoms with E-state index in [2.05, 4.69) is 20.5 Å². The van der Waals surface area contributed by atoms with Crippen molar-refractivity contribution in [2.45, 2.75) is 20.4 Å². The Hall–Kier alpha value is -2.30. The Morgan fingerprint density at radius 3 is 2.83 bits per heavy atom.